The summed E-state index contributed by atoms with van der Waals surface area (Å²) in [6.07, 6.45) is 3.02. The number of aliphatic carboxylic acids is 1. The van der Waals surface area contributed by atoms with Gasteiger partial charge in [0.1, 0.15) is 66.2 Å². The number of rotatable bonds is 39. The summed E-state index contributed by atoms with van der Waals surface area (Å²) < 4.78 is 10.6. The monoisotopic (exact) mass is 1320 g/mol. The molecule has 9 atom stereocenters. The number of methoxy groups -OCH3 is 1. The molecule has 0 aliphatic carbocycles. The average Bonchev–Trinajstić information content (AvgIpc) is 1.06. The van der Waals surface area contributed by atoms with Crippen LogP contribution in [0.4, 0.5) is 5.69 Å². The zero-order valence-electron chi connectivity index (χ0n) is 55.2. The number of unbranched alkanes of at least 4 members (excludes halogenated alkanes) is 2. The summed E-state index contributed by atoms with van der Waals surface area (Å²) in [6.45, 7) is 8.60. The fourth-order valence-electron chi connectivity index (χ4n) is 11.1. The second-order valence-electron chi connectivity index (χ2n) is 24.3. The number of amides is 9. The number of hydrogen-bond donors (Lipinski definition) is 12. The van der Waals surface area contributed by atoms with Crippen molar-refractivity contribution in [1.29, 1.82) is 0 Å². The molecule has 2 heterocycles. The number of nitrogens with zero attached hydrogens (tertiary/aromatic N) is 3. The van der Waals surface area contributed by atoms with E-state index in [-0.39, 0.29) is 94.1 Å². The number of anilines is 1. The number of nitrogens with one attached hydrogen (secondary N) is 7. The lowest BCUT2D eigenvalue weighted by atomic mass is 9.96. The molecule has 1 saturated heterocycles. The summed E-state index contributed by atoms with van der Waals surface area (Å²) in [6, 6.07) is 13.0. The highest BCUT2D eigenvalue weighted by molar-refractivity contribution is 6.05. The van der Waals surface area contributed by atoms with Gasteiger partial charge in [-0.2, -0.15) is 0 Å². The second-order valence-corrected chi connectivity index (χ2v) is 24.3. The molecule has 1 aliphatic rings. The number of aliphatic imine (C=N–C) groups is 1. The maximum Gasteiger partial charge on any atom is 0.338 e. The summed E-state index contributed by atoms with van der Waals surface area (Å²) in [4.78, 5) is 161. The molecule has 0 radical (unpaired) electrons. The zero-order chi connectivity index (χ0) is 69.7. The van der Waals surface area contributed by atoms with Crippen LogP contribution in [0.5, 0.6) is 5.75 Å². The van der Waals surface area contributed by atoms with Gasteiger partial charge in [-0.05, 0) is 119 Å². The van der Waals surface area contributed by atoms with Crippen LogP contribution in [-0.4, -0.2) is 163 Å². The van der Waals surface area contributed by atoms with E-state index in [1.54, 1.807) is 79.7 Å². The highest BCUT2D eigenvalue weighted by Gasteiger charge is 2.41. The van der Waals surface area contributed by atoms with Crippen molar-refractivity contribution in [3.63, 3.8) is 0 Å². The van der Waals surface area contributed by atoms with Crippen LogP contribution in [0.15, 0.2) is 99.1 Å². The van der Waals surface area contributed by atoms with E-state index in [0.29, 0.717) is 67.3 Å². The van der Waals surface area contributed by atoms with Crippen molar-refractivity contribution >= 4 is 81.8 Å². The van der Waals surface area contributed by atoms with Gasteiger partial charge in [0.25, 0.3) is 0 Å². The third-order valence-electron chi connectivity index (χ3n) is 16.4. The van der Waals surface area contributed by atoms with Gasteiger partial charge in [0.15, 0.2) is 5.96 Å². The van der Waals surface area contributed by atoms with E-state index in [4.69, 9.17) is 32.1 Å². The van der Waals surface area contributed by atoms with Crippen molar-refractivity contribution in [3.8, 4) is 5.75 Å². The molecule has 95 heavy (non-hydrogen) atoms. The van der Waals surface area contributed by atoms with Gasteiger partial charge in [-0.3, -0.25) is 48.1 Å². The van der Waals surface area contributed by atoms with Crippen LogP contribution in [0.25, 0.3) is 11.0 Å². The van der Waals surface area contributed by atoms with E-state index < -0.39 is 126 Å². The topological polar surface area (TPSA) is 437 Å². The van der Waals surface area contributed by atoms with E-state index in [9.17, 15) is 57.8 Å². The Morgan fingerprint density at radius 3 is 1.76 bits per heavy atom. The average molecular weight is 1320 g/mol. The molecule has 1 aromatic heterocycles. The molecular formula is C67H96N14O14. The summed E-state index contributed by atoms with van der Waals surface area (Å²) >= 11 is 0. The van der Waals surface area contributed by atoms with Gasteiger partial charge in [-0.15, -0.1) is 0 Å². The molecule has 518 valence electrons. The molecule has 4 aromatic rings. The first-order chi connectivity index (χ1) is 45.4. The van der Waals surface area contributed by atoms with Crippen molar-refractivity contribution in [2.45, 2.75) is 173 Å². The first-order valence-corrected chi connectivity index (χ1v) is 32.5. The van der Waals surface area contributed by atoms with Crippen molar-refractivity contribution in [2.24, 2.45) is 39.8 Å². The number of benzene rings is 3. The standard InChI is InChI=1S/C67H96N14O14/c1-7-41(4)58(79-63(89)53-27-19-33-80(53)65(91)48(24-14-16-30-68)73-56(83)39-81(42(5)82)54-38-57(84)95-55-37-45(94-6)28-29-46(54)55)64(90)78-52(36-44-22-12-9-13-23-44)62(88)77-51(35-43-20-10-8-11-21-43)61(87)74-47(26-18-32-72-67(70)71)59(85)76-50(34-40(2)3)60(86)75-49(66(92)93)25-15-17-31-69/h8-13,20-23,28-29,37-38,40-41,47-53,58H,7,14-19,24-27,30-36,39,68-69H2,1-6H3,(H,73,83)(H,74,87)(H,75,86)(H,76,85)(H,77,88)(H,78,90)(H,79,89)(H,92,93)(H4,70,71,72)/t41-,47-,48-,49-,50-,51-,52-,53-,58-/m0/s1. The number of ether oxygens (including phenoxy) is 1. The summed E-state index contributed by atoms with van der Waals surface area (Å²) in [7, 11) is 1.44. The fraction of sp³-hybridized carbons (Fsp3) is 0.522. The number of guanidine groups is 1. The van der Waals surface area contributed by atoms with Crippen LogP contribution in [0.3, 0.4) is 0 Å². The Labute approximate surface area is 553 Å². The van der Waals surface area contributed by atoms with Crippen LogP contribution in [0, 0.1) is 11.8 Å². The molecule has 0 bridgehead atoms. The molecular weight excluding hydrogens is 1220 g/mol. The number of carboxylic acid groups (broad SMARTS) is 1. The molecule has 9 amide bonds. The molecule has 3 aromatic carbocycles. The van der Waals surface area contributed by atoms with Crippen LogP contribution in [-0.2, 0) is 60.8 Å². The SMILES string of the molecule is CC[C@H](C)[C@H](NC(=O)[C@@H]1CCCN1C(=O)[C@H](CCCCN)NC(=O)CN(C(C)=O)c1cc(=O)oc2cc(OC)ccc12)C(=O)N[C@@H](Cc1ccccc1)C(=O)N[C@@H](Cc1ccccc1)C(=O)N[C@@H](CCCN=C(N)N)C(=O)N[C@@H](CC(C)C)C(=O)N[C@@H](CCCCN)C(=O)O. The van der Waals surface area contributed by atoms with Gasteiger partial charge in [0.05, 0.1) is 12.8 Å². The van der Waals surface area contributed by atoms with Gasteiger partial charge < -0.3 is 84.2 Å². The fourth-order valence-corrected chi connectivity index (χ4v) is 11.1. The largest absolute Gasteiger partial charge is 0.497 e. The number of carbonyl (C=O) groups is 10. The smallest absolute Gasteiger partial charge is 0.338 e. The molecule has 28 heteroatoms. The quantitative estimate of drug-likeness (QED) is 0.0130. The first-order valence-electron chi connectivity index (χ1n) is 32.5. The van der Waals surface area contributed by atoms with Crippen molar-refractivity contribution in [3.05, 3.63) is 106 Å². The van der Waals surface area contributed by atoms with Crippen molar-refractivity contribution < 1.29 is 62.2 Å². The summed E-state index contributed by atoms with van der Waals surface area (Å²) in [5.41, 5.74) is 23.3. The van der Waals surface area contributed by atoms with Crippen LogP contribution in [0.2, 0.25) is 0 Å². The van der Waals surface area contributed by atoms with Gasteiger partial charge in [-0.25, -0.2) is 9.59 Å². The van der Waals surface area contributed by atoms with Gasteiger partial charge >= 0.3 is 11.6 Å². The Bertz CT molecular complexity index is 3330. The maximum atomic E-state index is 15.0. The second kappa shape index (κ2) is 38.7. The van der Waals surface area contributed by atoms with E-state index in [1.807, 2.05) is 20.8 Å². The Hall–Kier alpha value is -9.44. The van der Waals surface area contributed by atoms with Crippen molar-refractivity contribution in [1.82, 2.24) is 42.1 Å². The Morgan fingerprint density at radius 2 is 1.21 bits per heavy atom. The van der Waals surface area contributed by atoms with Crippen molar-refractivity contribution in [2.75, 3.05) is 44.7 Å². The number of likely N-dealkylation sites (tertiary alicyclic amines) is 1. The van der Waals surface area contributed by atoms with E-state index in [1.165, 1.54) is 25.0 Å². The molecule has 5 rings (SSSR count). The molecule has 28 nitrogen and oxygen atoms in total. The van der Waals surface area contributed by atoms with E-state index in [2.05, 4.69) is 42.2 Å². The van der Waals surface area contributed by atoms with Gasteiger partial charge in [0.2, 0.25) is 53.2 Å². The highest BCUT2D eigenvalue weighted by atomic mass is 16.5. The third kappa shape index (κ3) is 24.1. The number of hydrogen-bond acceptors (Lipinski definition) is 16. The molecule has 0 unspecified atom stereocenters. The lowest BCUT2D eigenvalue weighted by Gasteiger charge is -2.32. The molecule has 1 fully saturated rings. The van der Waals surface area contributed by atoms with Gasteiger partial charge in [-0.1, -0.05) is 94.8 Å². The molecule has 1 aliphatic heterocycles. The zero-order valence-corrected chi connectivity index (χ0v) is 55.2. The minimum Gasteiger partial charge on any atom is -0.497 e. The number of carbonyl (C=O) groups excluding carboxylic acids is 9. The number of carboxylic acids is 1. The van der Waals surface area contributed by atoms with Crippen LogP contribution in [0.1, 0.15) is 123 Å². The third-order valence-corrected chi connectivity index (χ3v) is 16.4. The minimum atomic E-state index is -1.40. The van der Waals surface area contributed by atoms with E-state index >= 15 is 0 Å². The highest BCUT2D eigenvalue weighted by Crippen LogP contribution is 2.29. The van der Waals surface area contributed by atoms with Gasteiger partial charge in [0, 0.05) is 50.4 Å². The van der Waals surface area contributed by atoms with E-state index in [0.717, 1.165) is 11.0 Å². The Kier molecular flexibility index (Phi) is 31.0. The summed E-state index contributed by atoms with van der Waals surface area (Å²) in [5.74, 6) is -8.30. The molecule has 0 saturated carbocycles. The predicted molar refractivity (Wildman–Crippen MR) is 358 cm³/mol. The predicted octanol–water partition coefficient (Wildman–Crippen LogP) is 1.51. The number of nitrogens with two attached hydrogens (primary N) is 4. The van der Waals surface area contributed by atoms with Crippen LogP contribution < -0.4 is 75.4 Å². The Balaban J connectivity index is 1.40. The Morgan fingerprint density at radius 1 is 0.674 bits per heavy atom. The first kappa shape index (κ1) is 76.3. The lowest BCUT2D eigenvalue weighted by Crippen LogP contribution is -2.61. The lowest BCUT2D eigenvalue weighted by molar-refractivity contribution is -0.142. The molecule has 0 spiro atoms. The minimum absolute atomic E-state index is 0.0520. The normalized spacial score (nSPS) is 15.3. The summed E-state index contributed by atoms with van der Waals surface area (Å²) in [5, 5.41) is 29.7. The van der Waals surface area contributed by atoms with Crippen LogP contribution >= 0.6 is 0 Å². The maximum absolute atomic E-state index is 15.0. The number of fused-ring (bicyclic) bond motifs is 1. The molecule has 16 N–H and O–H groups in total.